The third kappa shape index (κ3) is 6.17. The van der Waals surface area contributed by atoms with E-state index in [9.17, 15) is 18.8 Å². The van der Waals surface area contributed by atoms with Gasteiger partial charge >= 0.3 is 0 Å². The van der Waals surface area contributed by atoms with Crippen molar-refractivity contribution < 1.29 is 23.5 Å². The normalized spacial score (nSPS) is 14.5. The first-order chi connectivity index (χ1) is 16.8. The monoisotopic (exact) mass is 554 g/mol. The highest BCUT2D eigenvalue weighted by atomic mass is 79.9. The van der Waals surface area contributed by atoms with Crippen LogP contribution in [0.5, 0.6) is 5.75 Å². The number of hydrogen-bond donors (Lipinski definition) is 1. The summed E-state index contributed by atoms with van der Waals surface area (Å²) in [5.74, 6) is -0.792. The number of carbonyl (C=O) groups excluding carboxylic acids is 3. The molecule has 4 rings (SSSR count). The van der Waals surface area contributed by atoms with Crippen molar-refractivity contribution in [2.24, 2.45) is 0 Å². The van der Waals surface area contributed by atoms with Crippen molar-refractivity contribution in [2.75, 3.05) is 11.9 Å². The molecule has 1 N–H and O–H groups in total. The topological polar surface area (TPSA) is 75.7 Å². The van der Waals surface area contributed by atoms with Gasteiger partial charge in [-0.15, -0.1) is 0 Å². The lowest BCUT2D eigenvalue weighted by Gasteiger charge is -2.12. The Morgan fingerprint density at radius 1 is 1.11 bits per heavy atom. The Morgan fingerprint density at radius 2 is 1.91 bits per heavy atom. The van der Waals surface area contributed by atoms with Gasteiger partial charge in [-0.2, -0.15) is 0 Å². The number of nitrogens with one attached hydrogen (secondary N) is 1. The van der Waals surface area contributed by atoms with Crippen LogP contribution in [0.3, 0.4) is 0 Å². The smallest absolute Gasteiger partial charge is 0.293 e. The Kier molecular flexibility index (Phi) is 7.67. The number of amides is 3. The van der Waals surface area contributed by atoms with E-state index in [4.69, 9.17) is 4.74 Å². The molecule has 3 aromatic carbocycles. The van der Waals surface area contributed by atoms with Gasteiger partial charge in [-0.1, -0.05) is 36.4 Å². The van der Waals surface area contributed by atoms with Crippen LogP contribution >= 0.6 is 27.7 Å². The number of thioether (sulfide) groups is 1. The Morgan fingerprint density at radius 3 is 2.66 bits per heavy atom. The average molecular weight is 555 g/mol. The lowest BCUT2D eigenvalue weighted by Crippen LogP contribution is -2.27. The van der Waals surface area contributed by atoms with E-state index in [1.54, 1.807) is 48.5 Å². The van der Waals surface area contributed by atoms with Gasteiger partial charge in [-0.25, -0.2) is 4.39 Å². The Bertz CT molecular complexity index is 1340. The molecular formula is C26H20BrFN2O4S. The van der Waals surface area contributed by atoms with Crippen LogP contribution in [0.4, 0.5) is 14.9 Å². The van der Waals surface area contributed by atoms with Crippen LogP contribution < -0.4 is 10.1 Å². The molecule has 1 fully saturated rings. The van der Waals surface area contributed by atoms with Crippen LogP contribution in [0.15, 0.2) is 76.1 Å². The van der Waals surface area contributed by atoms with Crippen molar-refractivity contribution in [1.82, 2.24) is 4.90 Å². The number of benzene rings is 3. The van der Waals surface area contributed by atoms with Gasteiger partial charge in [0.05, 0.1) is 15.9 Å². The van der Waals surface area contributed by atoms with E-state index in [0.29, 0.717) is 21.5 Å². The average Bonchev–Trinajstić information content (AvgIpc) is 3.07. The molecule has 0 spiro atoms. The lowest BCUT2D eigenvalue weighted by atomic mass is 10.2. The summed E-state index contributed by atoms with van der Waals surface area (Å²) in [6.45, 7) is 1.63. The zero-order valence-corrected chi connectivity index (χ0v) is 21.0. The third-order valence-corrected chi connectivity index (χ3v) is 6.60. The largest absolute Gasteiger partial charge is 0.483 e. The van der Waals surface area contributed by atoms with Crippen molar-refractivity contribution in [3.05, 3.63) is 98.6 Å². The number of anilines is 1. The van der Waals surface area contributed by atoms with Crippen LogP contribution in [-0.4, -0.2) is 28.6 Å². The first kappa shape index (κ1) is 24.7. The number of imide groups is 1. The van der Waals surface area contributed by atoms with E-state index in [0.717, 1.165) is 22.2 Å². The van der Waals surface area contributed by atoms with Gasteiger partial charge in [-0.05, 0) is 82.2 Å². The summed E-state index contributed by atoms with van der Waals surface area (Å²) in [5, 5.41) is 2.32. The highest BCUT2D eigenvalue weighted by Crippen LogP contribution is 2.35. The second kappa shape index (κ2) is 10.9. The van der Waals surface area contributed by atoms with E-state index in [1.165, 1.54) is 6.07 Å². The van der Waals surface area contributed by atoms with E-state index in [1.807, 2.05) is 25.1 Å². The highest BCUT2D eigenvalue weighted by molar-refractivity contribution is 9.10. The van der Waals surface area contributed by atoms with Gasteiger partial charge in [0.15, 0.2) is 6.61 Å². The standard InChI is InChI=1S/C26H20BrFN2O4S/c1-16-5-4-7-19(11-16)29-24(31)15-34-22-10-9-17(12-20(22)27)13-23-25(32)30(26(33)35-23)14-18-6-2-3-8-21(18)28/h2-13H,14-15H2,1H3,(H,29,31)/b23-13-. The minimum absolute atomic E-state index is 0.129. The first-order valence-electron chi connectivity index (χ1n) is 10.6. The van der Waals surface area contributed by atoms with Crippen LogP contribution in [0, 0.1) is 12.7 Å². The van der Waals surface area contributed by atoms with Crippen molar-refractivity contribution in [2.45, 2.75) is 13.5 Å². The number of aryl methyl sites for hydroxylation is 1. The Balaban J connectivity index is 1.39. The summed E-state index contributed by atoms with van der Waals surface area (Å²) < 4.78 is 20.1. The Labute approximate surface area is 214 Å². The van der Waals surface area contributed by atoms with Crippen molar-refractivity contribution in [3.63, 3.8) is 0 Å². The van der Waals surface area contributed by atoms with Gasteiger partial charge in [-0.3, -0.25) is 19.3 Å². The van der Waals surface area contributed by atoms with E-state index < -0.39 is 17.0 Å². The fourth-order valence-electron chi connectivity index (χ4n) is 3.37. The van der Waals surface area contributed by atoms with Gasteiger partial charge in [0.2, 0.25) is 0 Å². The van der Waals surface area contributed by atoms with Crippen molar-refractivity contribution >= 4 is 56.5 Å². The molecule has 35 heavy (non-hydrogen) atoms. The molecule has 1 aliphatic heterocycles. The molecule has 0 radical (unpaired) electrons. The number of halogens is 2. The predicted molar refractivity (Wildman–Crippen MR) is 137 cm³/mol. The molecule has 178 valence electrons. The number of hydrogen-bond acceptors (Lipinski definition) is 5. The molecule has 0 aliphatic carbocycles. The quantitative estimate of drug-likeness (QED) is 0.354. The van der Waals surface area contributed by atoms with Gasteiger partial charge in [0, 0.05) is 11.3 Å². The number of ether oxygens (including phenoxy) is 1. The third-order valence-electron chi connectivity index (χ3n) is 5.07. The lowest BCUT2D eigenvalue weighted by molar-refractivity contribution is -0.123. The predicted octanol–water partition coefficient (Wildman–Crippen LogP) is 6.15. The van der Waals surface area contributed by atoms with Crippen LogP contribution in [-0.2, 0) is 16.1 Å². The zero-order chi connectivity index (χ0) is 24.9. The fraction of sp³-hybridized carbons (Fsp3) is 0.115. The molecule has 0 saturated carbocycles. The molecule has 1 saturated heterocycles. The van der Waals surface area contributed by atoms with Gasteiger partial charge in [0.25, 0.3) is 17.1 Å². The molecule has 3 aromatic rings. The molecule has 0 aromatic heterocycles. The SMILES string of the molecule is Cc1cccc(NC(=O)COc2ccc(/C=C3\SC(=O)N(Cc4ccccc4F)C3=O)cc2Br)c1. The minimum atomic E-state index is -0.479. The molecule has 0 bridgehead atoms. The minimum Gasteiger partial charge on any atom is -0.483 e. The van der Waals surface area contributed by atoms with Crippen LogP contribution in [0.2, 0.25) is 0 Å². The van der Waals surface area contributed by atoms with Gasteiger partial charge < -0.3 is 10.1 Å². The van der Waals surface area contributed by atoms with Crippen LogP contribution in [0.25, 0.3) is 6.08 Å². The number of carbonyl (C=O) groups is 3. The molecule has 0 atom stereocenters. The van der Waals surface area contributed by atoms with Crippen molar-refractivity contribution in [3.8, 4) is 5.75 Å². The zero-order valence-electron chi connectivity index (χ0n) is 18.6. The summed E-state index contributed by atoms with van der Waals surface area (Å²) in [4.78, 5) is 38.6. The molecule has 1 aliphatic rings. The van der Waals surface area contributed by atoms with E-state index in [-0.39, 0.29) is 29.5 Å². The molecule has 1 heterocycles. The number of rotatable bonds is 7. The summed E-state index contributed by atoms with van der Waals surface area (Å²) in [7, 11) is 0. The summed E-state index contributed by atoms with van der Waals surface area (Å²) in [6, 6.07) is 18.6. The maximum Gasteiger partial charge on any atom is 0.293 e. The maximum atomic E-state index is 13.9. The number of nitrogens with zero attached hydrogens (tertiary/aromatic N) is 1. The molecule has 6 nitrogen and oxygen atoms in total. The molecule has 9 heteroatoms. The first-order valence-corrected chi connectivity index (χ1v) is 12.2. The fourth-order valence-corrected chi connectivity index (χ4v) is 4.72. The van der Waals surface area contributed by atoms with Gasteiger partial charge in [0.1, 0.15) is 11.6 Å². The molecule has 0 unspecified atom stereocenters. The second-order valence-electron chi connectivity index (χ2n) is 7.76. The van der Waals surface area contributed by atoms with Crippen LogP contribution in [0.1, 0.15) is 16.7 Å². The summed E-state index contributed by atoms with van der Waals surface area (Å²) in [6.07, 6.45) is 1.59. The Hall–Kier alpha value is -3.43. The van der Waals surface area contributed by atoms with Crippen molar-refractivity contribution in [1.29, 1.82) is 0 Å². The molecular weight excluding hydrogens is 535 g/mol. The summed E-state index contributed by atoms with van der Waals surface area (Å²) >= 11 is 4.22. The van der Waals surface area contributed by atoms with E-state index in [2.05, 4.69) is 21.2 Å². The maximum absolute atomic E-state index is 13.9. The summed E-state index contributed by atoms with van der Waals surface area (Å²) in [5.41, 5.74) is 2.65. The highest BCUT2D eigenvalue weighted by Gasteiger charge is 2.35. The van der Waals surface area contributed by atoms with E-state index >= 15 is 0 Å². The molecule has 3 amide bonds. The second-order valence-corrected chi connectivity index (χ2v) is 9.60.